The number of ether oxygens (including phenoxy) is 2. The minimum atomic E-state index is -4.19. The molecule has 0 aromatic heterocycles. The van der Waals surface area contributed by atoms with E-state index >= 15 is 0 Å². The number of rotatable bonds is 14. The van der Waals surface area contributed by atoms with Crippen molar-refractivity contribution in [3.8, 4) is 17.2 Å². The van der Waals surface area contributed by atoms with Crippen molar-refractivity contribution in [3.05, 3.63) is 88.6 Å². The molecule has 5 rings (SSSR count). The third-order valence-electron chi connectivity index (χ3n) is 10.8. The predicted molar refractivity (Wildman–Crippen MR) is 204 cm³/mol. The molecule has 2 aliphatic rings. The van der Waals surface area contributed by atoms with E-state index in [1.54, 1.807) is 32.2 Å². The number of hydrogen-bond donors (Lipinski definition) is 1. The first-order chi connectivity index (χ1) is 24.1. The molecule has 3 aromatic rings. The second kappa shape index (κ2) is 15.5. The predicted octanol–water partition coefficient (Wildman–Crippen LogP) is 8.01. The first kappa shape index (κ1) is 38.6. The van der Waals surface area contributed by atoms with Crippen LogP contribution in [0.15, 0.2) is 71.3 Å². The van der Waals surface area contributed by atoms with E-state index in [1.807, 2.05) is 31.2 Å². The smallest absolute Gasteiger partial charge is 0.339 e. The fourth-order valence-electron chi connectivity index (χ4n) is 8.55. The number of benzene rings is 3. The molecule has 51 heavy (non-hydrogen) atoms. The zero-order chi connectivity index (χ0) is 37.2. The molecular weight excluding hydrogens is 681 g/mol. The van der Waals surface area contributed by atoms with E-state index in [2.05, 4.69) is 63.9 Å². The quantitative estimate of drug-likeness (QED) is 0.131. The second-order valence-electron chi connectivity index (χ2n) is 14.8. The van der Waals surface area contributed by atoms with Crippen LogP contribution in [-0.2, 0) is 25.9 Å². The van der Waals surface area contributed by atoms with Crippen molar-refractivity contribution in [2.24, 2.45) is 5.92 Å². The monoisotopic (exact) mass is 734 g/mol. The Labute approximate surface area is 305 Å². The summed E-state index contributed by atoms with van der Waals surface area (Å²) in [4.78, 5) is 16.2. The summed E-state index contributed by atoms with van der Waals surface area (Å²) in [5.41, 5.74) is 5.16. The van der Waals surface area contributed by atoms with Crippen molar-refractivity contribution >= 4 is 30.4 Å². The highest BCUT2D eigenvalue weighted by Crippen LogP contribution is 2.47. The van der Waals surface area contributed by atoms with Crippen LogP contribution in [-0.4, -0.2) is 60.5 Å². The normalized spacial score (nSPS) is 20.4. The molecule has 11 heteroatoms. The summed E-state index contributed by atoms with van der Waals surface area (Å²) in [6, 6.07) is 17.8. The Kier molecular flexibility index (Phi) is 11.8. The molecule has 0 radical (unpaired) electrons. The molecular formula is C40H54N2O7SSi. The summed E-state index contributed by atoms with van der Waals surface area (Å²) >= 11 is 0. The van der Waals surface area contributed by atoms with Gasteiger partial charge in [-0.2, -0.15) is 8.42 Å². The number of methoxy groups -OCH3 is 2. The van der Waals surface area contributed by atoms with Crippen LogP contribution in [0.1, 0.15) is 70.2 Å². The van der Waals surface area contributed by atoms with Gasteiger partial charge in [-0.25, -0.2) is 0 Å². The maximum absolute atomic E-state index is 13.9. The van der Waals surface area contributed by atoms with Gasteiger partial charge in [0.1, 0.15) is 10.6 Å². The third-order valence-corrected chi connectivity index (χ3v) is 18.1. The number of carbonyl (C=O) groups excluding carboxylic acids is 1. The molecule has 2 aliphatic heterocycles. The number of hydrogen-bond acceptors (Lipinski definition) is 8. The number of aryl methyl sites for hydroxylation is 1. The highest BCUT2D eigenvalue weighted by Gasteiger charge is 2.52. The Bertz CT molecular complexity index is 1820. The molecule has 1 amide bonds. The Balaban J connectivity index is 1.61. The molecule has 3 atom stereocenters. The molecule has 9 nitrogen and oxygen atoms in total. The maximum atomic E-state index is 13.9. The summed E-state index contributed by atoms with van der Waals surface area (Å²) < 4.78 is 51.4. The van der Waals surface area contributed by atoms with Gasteiger partial charge in [0.25, 0.3) is 0 Å². The van der Waals surface area contributed by atoms with Gasteiger partial charge in [0.05, 0.1) is 26.3 Å². The summed E-state index contributed by atoms with van der Waals surface area (Å²) in [7, 11) is -3.36. The van der Waals surface area contributed by atoms with Crippen LogP contribution < -0.4 is 19.0 Å². The number of amides is 1. The first-order valence-electron chi connectivity index (χ1n) is 17.9. The summed E-state index contributed by atoms with van der Waals surface area (Å²) in [5, 5.41) is 3.23. The molecule has 2 unspecified atom stereocenters. The number of nitrogens with zero attached hydrogens (tertiary/aromatic N) is 1. The fourth-order valence-corrected chi connectivity index (χ4v) is 15.0. The van der Waals surface area contributed by atoms with Crippen LogP contribution in [0.2, 0.25) is 16.6 Å². The number of fused-ring (bicyclic) bond motifs is 2. The van der Waals surface area contributed by atoms with E-state index < -0.39 is 18.4 Å². The van der Waals surface area contributed by atoms with Crippen molar-refractivity contribution in [1.29, 1.82) is 0 Å². The third kappa shape index (κ3) is 7.63. The van der Waals surface area contributed by atoms with E-state index in [0.717, 1.165) is 11.1 Å². The lowest BCUT2D eigenvalue weighted by Gasteiger charge is -2.43. The van der Waals surface area contributed by atoms with Gasteiger partial charge in [-0.3, -0.25) is 9.69 Å². The topological polar surface area (TPSA) is 103 Å². The fraction of sp³-hybridized carbons (Fsp3) is 0.475. The summed E-state index contributed by atoms with van der Waals surface area (Å²) in [6.45, 7) is 18.5. The van der Waals surface area contributed by atoms with E-state index in [9.17, 15) is 13.2 Å². The van der Waals surface area contributed by atoms with Gasteiger partial charge in [0, 0.05) is 35.9 Å². The van der Waals surface area contributed by atoms with Gasteiger partial charge in [0.15, 0.2) is 19.8 Å². The molecule has 1 N–H and O–H groups in total. The van der Waals surface area contributed by atoms with Gasteiger partial charge in [-0.1, -0.05) is 89.6 Å². The SMILES string of the molecule is COc1c(/C=C2\NC(=O)C3C[C@@H](CO[Si](C(C)C)(C(C)C)C(C)C)C2N3Cc2ccccc2)cc(OS(=O)(=O)c2ccc(C)cc2)c(OC)c1C. The van der Waals surface area contributed by atoms with Gasteiger partial charge in [-0.05, 0) is 66.7 Å². The van der Waals surface area contributed by atoms with Gasteiger partial charge < -0.3 is 23.4 Å². The van der Waals surface area contributed by atoms with Crippen LogP contribution >= 0.6 is 0 Å². The van der Waals surface area contributed by atoms with Crippen LogP contribution in [0.5, 0.6) is 17.2 Å². The highest BCUT2D eigenvalue weighted by atomic mass is 32.2. The van der Waals surface area contributed by atoms with Crippen LogP contribution in [0.25, 0.3) is 6.08 Å². The lowest BCUT2D eigenvalue weighted by Crippen LogP contribution is -2.54. The van der Waals surface area contributed by atoms with Crippen molar-refractivity contribution in [2.75, 3.05) is 20.8 Å². The van der Waals surface area contributed by atoms with Crippen LogP contribution in [0, 0.1) is 19.8 Å². The first-order valence-corrected chi connectivity index (χ1v) is 21.4. The second-order valence-corrected chi connectivity index (χ2v) is 21.8. The van der Waals surface area contributed by atoms with Crippen molar-refractivity contribution in [3.63, 3.8) is 0 Å². The van der Waals surface area contributed by atoms with Gasteiger partial charge in [-0.15, -0.1) is 0 Å². The Morgan fingerprint density at radius 3 is 2.08 bits per heavy atom. The highest BCUT2D eigenvalue weighted by molar-refractivity contribution is 7.87. The molecule has 0 spiro atoms. The zero-order valence-corrected chi connectivity index (χ0v) is 33.5. The Hall–Kier alpha value is -3.64. The molecule has 2 saturated heterocycles. The summed E-state index contributed by atoms with van der Waals surface area (Å²) in [5.74, 6) is 0.723. The molecule has 0 saturated carbocycles. The number of nitrogens with one attached hydrogen (secondary N) is 1. The number of piperazine rings is 1. The number of carbonyl (C=O) groups is 1. The average molecular weight is 735 g/mol. The van der Waals surface area contributed by atoms with Crippen LogP contribution in [0.3, 0.4) is 0 Å². The largest absolute Gasteiger partial charge is 0.496 e. The lowest BCUT2D eigenvalue weighted by atomic mass is 9.96. The molecule has 2 bridgehead atoms. The van der Waals surface area contributed by atoms with E-state index in [1.165, 1.54) is 19.2 Å². The van der Waals surface area contributed by atoms with Gasteiger partial charge in [0.2, 0.25) is 5.91 Å². The van der Waals surface area contributed by atoms with E-state index in [4.69, 9.17) is 18.1 Å². The van der Waals surface area contributed by atoms with Gasteiger partial charge >= 0.3 is 10.1 Å². The Morgan fingerprint density at radius 2 is 1.51 bits per heavy atom. The van der Waals surface area contributed by atoms with Crippen LogP contribution in [0.4, 0.5) is 0 Å². The maximum Gasteiger partial charge on any atom is 0.339 e. The molecule has 2 fully saturated rings. The van der Waals surface area contributed by atoms with Crippen molar-refractivity contribution in [1.82, 2.24) is 10.2 Å². The van der Waals surface area contributed by atoms with E-state index in [-0.39, 0.29) is 40.3 Å². The standard InChI is InChI=1S/C40H54N2O7SSi/c1-25(2)51(26(3)4,27(5)6)48-24-32-21-35-40(43)41-34(37(32)42(35)23-30-14-12-11-13-15-30)20-31-22-36(39(47-10)29(8)38(31)46-9)49-50(44,45)33-18-16-28(7)17-19-33/h11-20,22,25-27,32,35,37H,21,23-24H2,1-10H3,(H,41,43)/b34-20-/t32-,35?,37?/m0/s1. The molecule has 3 aromatic carbocycles. The molecule has 276 valence electrons. The molecule has 0 aliphatic carbocycles. The molecule has 2 heterocycles. The van der Waals surface area contributed by atoms with Crippen molar-refractivity contribution in [2.45, 2.75) is 102 Å². The average Bonchev–Trinajstić information content (AvgIpc) is 3.35. The Morgan fingerprint density at radius 1 is 0.902 bits per heavy atom. The zero-order valence-electron chi connectivity index (χ0n) is 31.6. The summed E-state index contributed by atoms with van der Waals surface area (Å²) in [6.07, 6.45) is 2.56. The van der Waals surface area contributed by atoms with E-state index in [0.29, 0.717) is 58.8 Å². The minimum Gasteiger partial charge on any atom is -0.496 e. The van der Waals surface area contributed by atoms with Crippen molar-refractivity contribution < 1.29 is 31.3 Å². The lowest BCUT2D eigenvalue weighted by molar-refractivity contribution is -0.127. The minimum absolute atomic E-state index is 0.0252.